The molecule has 1 aromatic heterocycles. The molecular weight excluding hydrogens is 356 g/mol. The van der Waals surface area contributed by atoms with Crippen LogP contribution in [0.1, 0.15) is 29.7 Å². The molecule has 0 aliphatic carbocycles. The van der Waals surface area contributed by atoms with Gasteiger partial charge in [0.25, 0.3) is 5.91 Å². The molecule has 3 aromatic rings. The number of hydrogen-bond acceptors (Lipinski definition) is 5. The molecule has 2 heterocycles. The van der Waals surface area contributed by atoms with Crippen molar-refractivity contribution < 1.29 is 18.7 Å². The molecule has 6 heteroatoms. The Morgan fingerprint density at radius 3 is 2.79 bits per heavy atom. The summed E-state index contributed by atoms with van der Waals surface area (Å²) in [5, 5.41) is 2.12. The highest BCUT2D eigenvalue weighted by atomic mass is 16.5. The van der Waals surface area contributed by atoms with E-state index in [4.69, 9.17) is 13.9 Å². The molecule has 0 saturated carbocycles. The van der Waals surface area contributed by atoms with Gasteiger partial charge in [0.05, 0.1) is 13.2 Å². The van der Waals surface area contributed by atoms with Gasteiger partial charge in [0.1, 0.15) is 17.8 Å². The summed E-state index contributed by atoms with van der Waals surface area (Å²) in [6.45, 7) is 2.82. The smallest absolute Gasteiger partial charge is 0.276 e. The Kier molecular flexibility index (Phi) is 5.02. The molecule has 1 atom stereocenters. The second-order valence-corrected chi connectivity index (χ2v) is 6.65. The van der Waals surface area contributed by atoms with Crippen molar-refractivity contribution in [3.05, 3.63) is 66.4 Å². The van der Waals surface area contributed by atoms with E-state index in [0.29, 0.717) is 23.9 Å². The third kappa shape index (κ3) is 3.58. The lowest BCUT2D eigenvalue weighted by atomic mass is 10.1. The summed E-state index contributed by atoms with van der Waals surface area (Å²) in [6, 6.07) is 11.8. The number of ether oxygens (including phenoxy) is 2. The van der Waals surface area contributed by atoms with Gasteiger partial charge < -0.3 is 18.8 Å². The molecule has 1 aliphatic rings. The molecule has 0 unspecified atom stereocenters. The molecule has 0 bridgehead atoms. The van der Waals surface area contributed by atoms with Crippen molar-refractivity contribution in [2.75, 3.05) is 13.7 Å². The summed E-state index contributed by atoms with van der Waals surface area (Å²) in [6.07, 6.45) is 6.34. The van der Waals surface area contributed by atoms with E-state index < -0.39 is 0 Å². The lowest BCUT2D eigenvalue weighted by Gasteiger charge is -2.22. The highest BCUT2D eigenvalue weighted by Crippen LogP contribution is 2.25. The van der Waals surface area contributed by atoms with Gasteiger partial charge >= 0.3 is 0 Å². The lowest BCUT2D eigenvalue weighted by molar-refractivity contribution is 0.0741. The van der Waals surface area contributed by atoms with Crippen LogP contribution in [0.2, 0.25) is 0 Å². The van der Waals surface area contributed by atoms with Crippen LogP contribution in [0.4, 0.5) is 0 Å². The Morgan fingerprint density at radius 2 is 2.00 bits per heavy atom. The Labute approximate surface area is 163 Å². The second kappa shape index (κ2) is 7.76. The van der Waals surface area contributed by atoms with Crippen LogP contribution in [-0.4, -0.2) is 35.5 Å². The fourth-order valence-corrected chi connectivity index (χ4v) is 3.35. The standard InChI is InChI=1S/C22H22N2O4/c1-3-17-5-4-10-24(17)22(25)20-13-28-21(23-20)14-27-19-9-7-15-6-8-18(26-2)11-16(15)12-19/h4-9,11-13,17H,3,10,14H2,1-2H3/t17-/m0/s1. The highest BCUT2D eigenvalue weighted by Gasteiger charge is 2.26. The van der Waals surface area contributed by atoms with E-state index in [1.165, 1.54) is 6.26 Å². The zero-order chi connectivity index (χ0) is 19.5. The molecule has 1 aliphatic heterocycles. The number of rotatable bonds is 6. The van der Waals surface area contributed by atoms with Gasteiger partial charge in [0, 0.05) is 6.54 Å². The number of fused-ring (bicyclic) bond motifs is 1. The predicted molar refractivity (Wildman–Crippen MR) is 106 cm³/mol. The average molecular weight is 378 g/mol. The zero-order valence-electron chi connectivity index (χ0n) is 15.9. The van der Waals surface area contributed by atoms with E-state index in [0.717, 1.165) is 22.9 Å². The Hall–Kier alpha value is -3.28. The van der Waals surface area contributed by atoms with Crippen LogP contribution in [0.5, 0.6) is 11.5 Å². The molecule has 1 amide bonds. The molecule has 6 nitrogen and oxygen atoms in total. The van der Waals surface area contributed by atoms with Crippen molar-refractivity contribution >= 4 is 16.7 Å². The predicted octanol–water partition coefficient (Wildman–Crippen LogP) is 4.21. The van der Waals surface area contributed by atoms with E-state index >= 15 is 0 Å². The molecule has 144 valence electrons. The number of amides is 1. The largest absolute Gasteiger partial charge is 0.497 e. The molecule has 0 radical (unpaired) electrons. The van der Waals surface area contributed by atoms with Crippen molar-refractivity contribution in [2.24, 2.45) is 0 Å². The Morgan fingerprint density at radius 1 is 1.21 bits per heavy atom. The first-order chi connectivity index (χ1) is 13.7. The maximum atomic E-state index is 12.6. The SMILES string of the molecule is CC[C@H]1C=CCN1C(=O)c1coc(COc2ccc3ccc(OC)cc3c2)n1. The molecule has 0 fully saturated rings. The fourth-order valence-electron chi connectivity index (χ4n) is 3.35. The van der Waals surface area contributed by atoms with Gasteiger partial charge in [-0.1, -0.05) is 31.2 Å². The van der Waals surface area contributed by atoms with E-state index in [2.05, 4.69) is 18.0 Å². The third-order valence-electron chi connectivity index (χ3n) is 4.89. The minimum Gasteiger partial charge on any atom is -0.497 e. The zero-order valence-corrected chi connectivity index (χ0v) is 15.9. The monoisotopic (exact) mass is 378 g/mol. The van der Waals surface area contributed by atoms with Crippen molar-refractivity contribution in [1.29, 1.82) is 0 Å². The van der Waals surface area contributed by atoms with E-state index in [9.17, 15) is 4.79 Å². The Balaban J connectivity index is 1.43. The molecular formula is C22H22N2O4. The van der Waals surface area contributed by atoms with Crippen LogP contribution < -0.4 is 9.47 Å². The summed E-state index contributed by atoms with van der Waals surface area (Å²) in [4.78, 5) is 18.7. The van der Waals surface area contributed by atoms with Crippen LogP contribution in [0.25, 0.3) is 10.8 Å². The van der Waals surface area contributed by atoms with Crippen LogP contribution >= 0.6 is 0 Å². The van der Waals surface area contributed by atoms with Gasteiger partial charge in [0.2, 0.25) is 5.89 Å². The van der Waals surface area contributed by atoms with Gasteiger partial charge in [-0.05, 0) is 41.5 Å². The third-order valence-corrected chi connectivity index (χ3v) is 4.89. The highest BCUT2D eigenvalue weighted by molar-refractivity contribution is 5.92. The van der Waals surface area contributed by atoms with Crippen molar-refractivity contribution in [1.82, 2.24) is 9.88 Å². The first kappa shape index (κ1) is 18.1. The van der Waals surface area contributed by atoms with Crippen molar-refractivity contribution in [3.8, 4) is 11.5 Å². The van der Waals surface area contributed by atoms with Crippen LogP contribution in [0.15, 0.2) is 59.2 Å². The maximum absolute atomic E-state index is 12.6. The number of benzene rings is 2. The number of aromatic nitrogens is 1. The number of oxazole rings is 1. The Bertz CT molecular complexity index is 1020. The van der Waals surface area contributed by atoms with Gasteiger partial charge in [-0.3, -0.25) is 4.79 Å². The molecule has 0 saturated heterocycles. The molecule has 0 spiro atoms. The van der Waals surface area contributed by atoms with Gasteiger partial charge in [0.15, 0.2) is 12.3 Å². The van der Waals surface area contributed by atoms with Crippen LogP contribution in [0.3, 0.4) is 0 Å². The van der Waals surface area contributed by atoms with Gasteiger partial charge in [-0.15, -0.1) is 0 Å². The number of nitrogens with zero attached hydrogens (tertiary/aromatic N) is 2. The minimum absolute atomic E-state index is 0.121. The van der Waals surface area contributed by atoms with Crippen molar-refractivity contribution in [2.45, 2.75) is 26.0 Å². The summed E-state index contributed by atoms with van der Waals surface area (Å²) in [5.41, 5.74) is 0.309. The second-order valence-electron chi connectivity index (χ2n) is 6.65. The summed E-state index contributed by atoms with van der Waals surface area (Å²) in [7, 11) is 1.64. The van der Waals surface area contributed by atoms with Gasteiger partial charge in [-0.2, -0.15) is 0 Å². The molecule has 2 aromatic carbocycles. The lowest BCUT2D eigenvalue weighted by Crippen LogP contribution is -2.35. The summed E-state index contributed by atoms with van der Waals surface area (Å²) < 4.78 is 16.5. The van der Waals surface area contributed by atoms with E-state index in [-0.39, 0.29) is 18.6 Å². The fraction of sp³-hybridized carbons (Fsp3) is 0.273. The quantitative estimate of drug-likeness (QED) is 0.601. The number of carbonyl (C=O) groups excluding carboxylic acids is 1. The average Bonchev–Trinajstić information content (AvgIpc) is 3.40. The van der Waals surface area contributed by atoms with Crippen LogP contribution in [-0.2, 0) is 6.61 Å². The molecule has 0 N–H and O–H groups in total. The molecule has 28 heavy (non-hydrogen) atoms. The van der Waals surface area contributed by atoms with Crippen LogP contribution in [0, 0.1) is 0 Å². The first-order valence-corrected chi connectivity index (χ1v) is 9.30. The topological polar surface area (TPSA) is 64.8 Å². The van der Waals surface area contributed by atoms with Crippen molar-refractivity contribution in [3.63, 3.8) is 0 Å². The summed E-state index contributed by atoms with van der Waals surface area (Å²) in [5.74, 6) is 1.74. The number of carbonyl (C=O) groups is 1. The number of methoxy groups -OCH3 is 1. The summed E-state index contributed by atoms with van der Waals surface area (Å²) >= 11 is 0. The maximum Gasteiger partial charge on any atom is 0.276 e. The minimum atomic E-state index is -0.121. The normalized spacial score (nSPS) is 15.9. The van der Waals surface area contributed by atoms with E-state index in [1.54, 1.807) is 12.0 Å². The first-order valence-electron chi connectivity index (χ1n) is 9.30. The molecule has 4 rings (SSSR count). The van der Waals surface area contributed by atoms with E-state index in [1.807, 2.05) is 42.5 Å². The van der Waals surface area contributed by atoms with Gasteiger partial charge in [-0.25, -0.2) is 4.98 Å². The number of hydrogen-bond donors (Lipinski definition) is 0.